The standard InChI is InChI=1S/C6H14O.C2H6/c1-4-5-6(2,3)7;1-2/h7H,4-5H2,1-3H3;1-2H3. The van der Waals surface area contributed by atoms with Crippen molar-refractivity contribution in [2.24, 2.45) is 0 Å². The van der Waals surface area contributed by atoms with Gasteiger partial charge in [-0.25, -0.2) is 0 Å². The third-order valence-corrected chi connectivity index (χ3v) is 0.862. The molecule has 0 aliphatic carbocycles. The number of aliphatic hydroxyl groups is 1. The van der Waals surface area contributed by atoms with Crippen molar-refractivity contribution in [3.63, 3.8) is 0 Å². The molecule has 0 atom stereocenters. The van der Waals surface area contributed by atoms with Gasteiger partial charge in [-0.2, -0.15) is 0 Å². The first kappa shape index (κ1) is 11.7. The second-order valence-corrected chi connectivity index (χ2v) is 2.56. The van der Waals surface area contributed by atoms with Gasteiger partial charge in [0.2, 0.25) is 0 Å². The number of hydrogen-bond acceptors (Lipinski definition) is 1. The zero-order chi connectivity index (χ0) is 7.91. The molecule has 0 aromatic heterocycles. The van der Waals surface area contributed by atoms with E-state index in [-0.39, 0.29) is 0 Å². The Hall–Kier alpha value is -0.0400. The summed E-state index contributed by atoms with van der Waals surface area (Å²) in [5.74, 6) is 0. The minimum absolute atomic E-state index is 0.450. The quantitative estimate of drug-likeness (QED) is 0.612. The summed E-state index contributed by atoms with van der Waals surface area (Å²) in [6, 6.07) is 0. The van der Waals surface area contributed by atoms with Crippen LogP contribution in [0.1, 0.15) is 47.5 Å². The molecule has 0 amide bonds. The van der Waals surface area contributed by atoms with Crippen LogP contribution in [0.3, 0.4) is 0 Å². The fourth-order valence-corrected chi connectivity index (χ4v) is 0.612. The highest BCUT2D eigenvalue weighted by Crippen LogP contribution is 2.08. The summed E-state index contributed by atoms with van der Waals surface area (Å²) in [6.07, 6.45) is 1.95. The van der Waals surface area contributed by atoms with E-state index < -0.39 is 5.60 Å². The predicted molar refractivity (Wildman–Crippen MR) is 42.6 cm³/mol. The fourth-order valence-electron chi connectivity index (χ4n) is 0.612. The Morgan fingerprint density at radius 2 is 1.56 bits per heavy atom. The summed E-state index contributed by atoms with van der Waals surface area (Å²) in [6.45, 7) is 9.73. The van der Waals surface area contributed by atoms with Crippen molar-refractivity contribution in [3.8, 4) is 0 Å². The molecule has 0 aliphatic rings. The van der Waals surface area contributed by atoms with Crippen LogP contribution in [-0.4, -0.2) is 10.7 Å². The lowest BCUT2D eigenvalue weighted by Gasteiger charge is -2.14. The smallest absolute Gasteiger partial charge is 0.0591 e. The van der Waals surface area contributed by atoms with Crippen LogP contribution in [0, 0.1) is 0 Å². The molecular weight excluding hydrogens is 112 g/mol. The maximum Gasteiger partial charge on any atom is 0.0591 e. The molecule has 0 spiro atoms. The summed E-state index contributed by atoms with van der Waals surface area (Å²) < 4.78 is 0. The molecule has 0 rings (SSSR count). The molecule has 1 nitrogen and oxygen atoms in total. The summed E-state index contributed by atoms with van der Waals surface area (Å²) in [5.41, 5.74) is -0.450. The lowest BCUT2D eigenvalue weighted by Crippen LogP contribution is -2.16. The van der Waals surface area contributed by atoms with Gasteiger partial charge in [-0.15, -0.1) is 0 Å². The molecule has 0 bridgehead atoms. The molecule has 0 fully saturated rings. The number of hydrogen-bond donors (Lipinski definition) is 1. The van der Waals surface area contributed by atoms with Gasteiger partial charge >= 0.3 is 0 Å². The Balaban J connectivity index is 0. The molecule has 58 valence electrons. The second kappa shape index (κ2) is 6.09. The molecular formula is C8H20O. The molecule has 0 saturated carbocycles. The van der Waals surface area contributed by atoms with E-state index in [1.165, 1.54) is 0 Å². The Morgan fingerprint density at radius 1 is 1.22 bits per heavy atom. The first-order valence-corrected chi connectivity index (χ1v) is 3.78. The van der Waals surface area contributed by atoms with Crippen molar-refractivity contribution < 1.29 is 5.11 Å². The normalized spacial score (nSPS) is 10.0. The fraction of sp³-hybridized carbons (Fsp3) is 1.00. The van der Waals surface area contributed by atoms with E-state index in [1.54, 1.807) is 0 Å². The highest BCUT2D eigenvalue weighted by molar-refractivity contribution is 4.61. The van der Waals surface area contributed by atoms with Gasteiger partial charge in [-0.1, -0.05) is 27.2 Å². The molecule has 1 N–H and O–H groups in total. The first-order chi connectivity index (χ1) is 4.06. The summed E-state index contributed by atoms with van der Waals surface area (Å²) in [4.78, 5) is 0. The van der Waals surface area contributed by atoms with Crippen LogP contribution < -0.4 is 0 Å². The molecule has 0 aromatic rings. The van der Waals surface area contributed by atoms with Crippen molar-refractivity contribution in [2.75, 3.05) is 0 Å². The topological polar surface area (TPSA) is 20.2 Å². The van der Waals surface area contributed by atoms with E-state index >= 15 is 0 Å². The highest BCUT2D eigenvalue weighted by Gasteiger charge is 2.08. The van der Waals surface area contributed by atoms with E-state index in [0.717, 1.165) is 12.8 Å². The summed E-state index contributed by atoms with van der Waals surface area (Å²) in [5, 5.41) is 9.02. The minimum Gasteiger partial charge on any atom is -0.390 e. The van der Waals surface area contributed by atoms with Crippen molar-refractivity contribution in [1.82, 2.24) is 0 Å². The van der Waals surface area contributed by atoms with Crippen molar-refractivity contribution in [3.05, 3.63) is 0 Å². The molecule has 0 radical (unpaired) electrons. The Morgan fingerprint density at radius 3 is 1.56 bits per heavy atom. The van der Waals surface area contributed by atoms with Gasteiger partial charge in [0.1, 0.15) is 0 Å². The van der Waals surface area contributed by atoms with Crippen LogP contribution >= 0.6 is 0 Å². The maximum absolute atomic E-state index is 9.02. The Kier molecular flexibility index (Phi) is 7.92. The van der Waals surface area contributed by atoms with Gasteiger partial charge < -0.3 is 5.11 Å². The third kappa shape index (κ3) is 18.0. The van der Waals surface area contributed by atoms with Crippen molar-refractivity contribution >= 4 is 0 Å². The number of rotatable bonds is 2. The van der Waals surface area contributed by atoms with Gasteiger partial charge in [0.05, 0.1) is 5.60 Å². The average Bonchev–Trinajstić information content (AvgIpc) is 1.69. The van der Waals surface area contributed by atoms with Crippen molar-refractivity contribution in [2.45, 2.75) is 53.1 Å². The highest BCUT2D eigenvalue weighted by atomic mass is 16.3. The lowest BCUT2D eigenvalue weighted by molar-refractivity contribution is 0.0703. The molecule has 0 aliphatic heterocycles. The van der Waals surface area contributed by atoms with E-state index in [9.17, 15) is 0 Å². The zero-order valence-corrected chi connectivity index (χ0v) is 7.36. The molecule has 0 aromatic carbocycles. The van der Waals surface area contributed by atoms with Crippen LogP contribution in [0.2, 0.25) is 0 Å². The van der Waals surface area contributed by atoms with Crippen molar-refractivity contribution in [1.29, 1.82) is 0 Å². The van der Waals surface area contributed by atoms with Gasteiger partial charge in [-0.05, 0) is 20.3 Å². The summed E-state index contributed by atoms with van der Waals surface area (Å²) in [7, 11) is 0. The SMILES string of the molecule is CC.CCCC(C)(C)O. The van der Waals surface area contributed by atoms with E-state index in [2.05, 4.69) is 6.92 Å². The van der Waals surface area contributed by atoms with Crippen LogP contribution in [0.15, 0.2) is 0 Å². The molecule has 0 heterocycles. The molecule has 0 saturated heterocycles. The second-order valence-electron chi connectivity index (χ2n) is 2.56. The van der Waals surface area contributed by atoms with Crippen LogP contribution in [0.5, 0.6) is 0 Å². The summed E-state index contributed by atoms with van der Waals surface area (Å²) >= 11 is 0. The van der Waals surface area contributed by atoms with Gasteiger partial charge in [0.15, 0.2) is 0 Å². The van der Waals surface area contributed by atoms with Crippen LogP contribution in [-0.2, 0) is 0 Å². The molecule has 0 unspecified atom stereocenters. The zero-order valence-electron chi connectivity index (χ0n) is 7.36. The first-order valence-electron chi connectivity index (χ1n) is 3.78. The van der Waals surface area contributed by atoms with Crippen LogP contribution in [0.25, 0.3) is 0 Å². The van der Waals surface area contributed by atoms with E-state index in [4.69, 9.17) is 5.11 Å². The van der Waals surface area contributed by atoms with E-state index in [0.29, 0.717) is 0 Å². The largest absolute Gasteiger partial charge is 0.390 e. The van der Waals surface area contributed by atoms with Crippen LogP contribution in [0.4, 0.5) is 0 Å². The predicted octanol–water partition coefficient (Wildman–Crippen LogP) is 2.58. The van der Waals surface area contributed by atoms with Gasteiger partial charge in [0, 0.05) is 0 Å². The monoisotopic (exact) mass is 132 g/mol. The van der Waals surface area contributed by atoms with Gasteiger partial charge in [-0.3, -0.25) is 0 Å². The average molecular weight is 132 g/mol. The lowest BCUT2D eigenvalue weighted by atomic mass is 10.0. The Bertz CT molecular complexity index is 43.0. The molecule has 1 heteroatoms. The minimum atomic E-state index is -0.450. The Labute approximate surface area is 59.1 Å². The molecule has 9 heavy (non-hydrogen) atoms. The third-order valence-electron chi connectivity index (χ3n) is 0.862. The van der Waals surface area contributed by atoms with Gasteiger partial charge in [0.25, 0.3) is 0 Å². The maximum atomic E-state index is 9.02. The van der Waals surface area contributed by atoms with E-state index in [1.807, 2.05) is 27.7 Å².